The largest absolute Gasteiger partial charge is 0.468 e. The number of hydrogen-bond donors (Lipinski definition) is 0. The van der Waals surface area contributed by atoms with Crippen molar-refractivity contribution in [3.63, 3.8) is 0 Å². The van der Waals surface area contributed by atoms with Gasteiger partial charge in [0.05, 0.1) is 11.3 Å². The van der Waals surface area contributed by atoms with E-state index in [2.05, 4.69) is 4.74 Å². The Bertz CT molecular complexity index is 376. The molecule has 1 heterocycles. The zero-order chi connectivity index (χ0) is 13.9. The highest BCUT2D eigenvalue weighted by Crippen LogP contribution is 2.54. The third-order valence-electron chi connectivity index (χ3n) is 1.80. The SMILES string of the molecule is COC(=O)C1SC(=C(SC)C(=O)OC(C)(C)C)S1. The maximum atomic E-state index is 11.9. The summed E-state index contributed by atoms with van der Waals surface area (Å²) in [6.45, 7) is 5.48. The van der Waals surface area contributed by atoms with Gasteiger partial charge in [-0.2, -0.15) is 0 Å². The van der Waals surface area contributed by atoms with Gasteiger partial charge in [0.25, 0.3) is 0 Å². The average molecular weight is 308 g/mol. The summed E-state index contributed by atoms with van der Waals surface area (Å²) in [5.74, 6) is -0.619. The van der Waals surface area contributed by atoms with Crippen molar-refractivity contribution in [2.45, 2.75) is 31.0 Å². The number of ether oxygens (including phenoxy) is 2. The quantitative estimate of drug-likeness (QED) is 0.587. The predicted molar refractivity (Wildman–Crippen MR) is 77.4 cm³/mol. The molecule has 4 nitrogen and oxygen atoms in total. The fourth-order valence-electron chi connectivity index (χ4n) is 1.08. The predicted octanol–water partition coefficient (Wildman–Crippen LogP) is 2.84. The van der Waals surface area contributed by atoms with Gasteiger partial charge in [-0.1, -0.05) is 23.5 Å². The topological polar surface area (TPSA) is 52.6 Å². The Morgan fingerprint density at radius 2 is 1.83 bits per heavy atom. The monoisotopic (exact) mass is 308 g/mol. The first kappa shape index (κ1) is 15.8. The van der Waals surface area contributed by atoms with Crippen LogP contribution in [0.4, 0.5) is 0 Å². The summed E-state index contributed by atoms with van der Waals surface area (Å²) in [6.07, 6.45) is 1.82. The van der Waals surface area contributed by atoms with E-state index < -0.39 is 5.60 Å². The van der Waals surface area contributed by atoms with Crippen LogP contribution in [-0.4, -0.2) is 35.5 Å². The van der Waals surface area contributed by atoms with E-state index in [-0.39, 0.29) is 16.5 Å². The molecule has 1 aliphatic rings. The van der Waals surface area contributed by atoms with E-state index >= 15 is 0 Å². The lowest BCUT2D eigenvalue weighted by Gasteiger charge is -2.28. The molecule has 0 aromatic carbocycles. The number of methoxy groups -OCH3 is 1. The molecule has 0 aromatic heterocycles. The van der Waals surface area contributed by atoms with E-state index in [4.69, 9.17) is 4.74 Å². The van der Waals surface area contributed by atoms with Crippen LogP contribution in [0.5, 0.6) is 0 Å². The summed E-state index contributed by atoms with van der Waals surface area (Å²) in [6, 6.07) is 0. The van der Waals surface area contributed by atoms with Crippen LogP contribution in [0.25, 0.3) is 0 Å². The van der Waals surface area contributed by atoms with Crippen molar-refractivity contribution in [2.75, 3.05) is 13.4 Å². The fraction of sp³-hybridized carbons (Fsp3) is 0.636. The van der Waals surface area contributed by atoms with Gasteiger partial charge in [-0.25, -0.2) is 9.59 Å². The number of esters is 2. The van der Waals surface area contributed by atoms with Crippen LogP contribution in [0.3, 0.4) is 0 Å². The highest BCUT2D eigenvalue weighted by Gasteiger charge is 2.37. The summed E-state index contributed by atoms with van der Waals surface area (Å²) in [5, 5.41) is 0. The molecule has 1 saturated heterocycles. The van der Waals surface area contributed by atoms with E-state index in [0.29, 0.717) is 4.91 Å². The summed E-state index contributed by atoms with van der Waals surface area (Å²) in [4.78, 5) is 23.7. The first-order valence-corrected chi connectivity index (χ1v) is 8.19. The van der Waals surface area contributed by atoms with Gasteiger partial charge in [0, 0.05) is 0 Å². The summed E-state index contributed by atoms with van der Waals surface area (Å²) >= 11 is 4.01. The average Bonchev–Trinajstić information content (AvgIpc) is 2.18. The van der Waals surface area contributed by atoms with Crippen molar-refractivity contribution in [3.8, 4) is 0 Å². The maximum absolute atomic E-state index is 11.9. The molecule has 102 valence electrons. The highest BCUT2D eigenvalue weighted by molar-refractivity contribution is 8.39. The third kappa shape index (κ3) is 4.13. The summed E-state index contributed by atoms with van der Waals surface area (Å²) in [7, 11) is 1.36. The van der Waals surface area contributed by atoms with Gasteiger partial charge in [0.1, 0.15) is 10.5 Å². The lowest BCUT2D eigenvalue weighted by atomic mass is 10.2. The molecule has 0 aromatic rings. The number of carbonyl (C=O) groups is 2. The van der Waals surface area contributed by atoms with Crippen LogP contribution in [0.15, 0.2) is 9.14 Å². The Balaban J connectivity index is 2.69. The van der Waals surface area contributed by atoms with E-state index in [1.54, 1.807) is 0 Å². The van der Waals surface area contributed by atoms with Crippen molar-refractivity contribution in [3.05, 3.63) is 9.14 Å². The van der Waals surface area contributed by atoms with E-state index in [1.807, 2.05) is 27.0 Å². The standard InChI is InChI=1S/C11H16O4S3/c1-11(2,3)15-7(12)6(16-5)9-17-10(18-9)8(13)14-4/h10H,1-5H3. The van der Waals surface area contributed by atoms with Crippen LogP contribution >= 0.6 is 35.3 Å². The van der Waals surface area contributed by atoms with E-state index in [9.17, 15) is 9.59 Å². The molecule has 1 rings (SSSR count). The van der Waals surface area contributed by atoms with Gasteiger partial charge in [-0.05, 0) is 27.0 Å². The molecule has 0 saturated carbocycles. The molecule has 0 unspecified atom stereocenters. The molecular weight excluding hydrogens is 292 g/mol. The first-order valence-electron chi connectivity index (χ1n) is 5.21. The van der Waals surface area contributed by atoms with Crippen LogP contribution in [-0.2, 0) is 19.1 Å². The number of thioether (sulfide) groups is 3. The van der Waals surface area contributed by atoms with Crippen LogP contribution < -0.4 is 0 Å². The van der Waals surface area contributed by atoms with Crippen molar-refractivity contribution < 1.29 is 19.1 Å². The second-order valence-corrected chi connectivity index (χ2v) is 8.02. The van der Waals surface area contributed by atoms with Gasteiger partial charge in [-0.15, -0.1) is 11.8 Å². The van der Waals surface area contributed by atoms with Gasteiger partial charge >= 0.3 is 11.9 Å². The van der Waals surface area contributed by atoms with Crippen molar-refractivity contribution in [2.24, 2.45) is 0 Å². The van der Waals surface area contributed by atoms with Gasteiger partial charge in [0.15, 0.2) is 4.58 Å². The Morgan fingerprint density at radius 1 is 1.28 bits per heavy atom. The fourth-order valence-corrected chi connectivity index (χ4v) is 4.28. The number of rotatable bonds is 3. The minimum absolute atomic E-state index is 0.269. The minimum atomic E-state index is -0.514. The van der Waals surface area contributed by atoms with Gasteiger partial charge < -0.3 is 9.47 Å². The Labute approximate surface area is 120 Å². The van der Waals surface area contributed by atoms with Crippen LogP contribution in [0.2, 0.25) is 0 Å². The Morgan fingerprint density at radius 3 is 2.22 bits per heavy atom. The Hall–Kier alpha value is -0.270. The molecule has 7 heteroatoms. The van der Waals surface area contributed by atoms with Crippen molar-refractivity contribution >= 4 is 47.2 Å². The second-order valence-electron chi connectivity index (χ2n) is 4.41. The van der Waals surface area contributed by atoms with Gasteiger partial charge in [0.2, 0.25) is 0 Å². The second kappa shape index (κ2) is 6.25. The zero-order valence-electron chi connectivity index (χ0n) is 10.9. The van der Waals surface area contributed by atoms with E-state index in [0.717, 1.165) is 4.24 Å². The Kier molecular flexibility index (Phi) is 5.48. The molecule has 18 heavy (non-hydrogen) atoms. The third-order valence-corrected chi connectivity index (χ3v) is 5.64. The highest BCUT2D eigenvalue weighted by atomic mass is 32.3. The number of carbonyl (C=O) groups excluding carboxylic acids is 2. The zero-order valence-corrected chi connectivity index (χ0v) is 13.4. The molecule has 0 spiro atoms. The maximum Gasteiger partial charge on any atom is 0.346 e. The molecule has 1 aliphatic heterocycles. The lowest BCUT2D eigenvalue weighted by molar-refractivity contribution is -0.149. The summed E-state index contributed by atoms with van der Waals surface area (Å²) < 4.78 is 10.5. The minimum Gasteiger partial charge on any atom is -0.468 e. The summed E-state index contributed by atoms with van der Waals surface area (Å²) in [5.41, 5.74) is -0.514. The smallest absolute Gasteiger partial charge is 0.346 e. The molecule has 0 aliphatic carbocycles. The van der Waals surface area contributed by atoms with Crippen molar-refractivity contribution in [1.82, 2.24) is 0 Å². The van der Waals surface area contributed by atoms with Crippen LogP contribution in [0, 0.1) is 0 Å². The van der Waals surface area contributed by atoms with E-state index in [1.165, 1.54) is 42.4 Å². The molecule has 0 bridgehead atoms. The normalized spacial score (nSPS) is 18.9. The van der Waals surface area contributed by atoms with Crippen LogP contribution in [0.1, 0.15) is 20.8 Å². The van der Waals surface area contributed by atoms with Crippen molar-refractivity contribution in [1.29, 1.82) is 0 Å². The number of hydrogen-bond acceptors (Lipinski definition) is 7. The molecular formula is C11H16O4S3. The molecule has 0 N–H and O–H groups in total. The molecule has 0 amide bonds. The molecule has 0 radical (unpaired) electrons. The first-order chi connectivity index (χ1) is 8.28. The lowest BCUT2D eigenvalue weighted by Crippen LogP contribution is -2.26. The molecule has 0 atom stereocenters. The van der Waals surface area contributed by atoms with Gasteiger partial charge in [-0.3, -0.25) is 0 Å². The molecule has 1 fully saturated rings.